The molecule has 1 aliphatic heterocycles. The molecule has 18 heavy (non-hydrogen) atoms. The molecule has 0 bridgehead atoms. The first kappa shape index (κ1) is 13.6. The predicted molar refractivity (Wildman–Crippen MR) is 74.3 cm³/mol. The van der Waals surface area contributed by atoms with Crippen LogP contribution in [-0.2, 0) is 22.0 Å². The van der Waals surface area contributed by atoms with Gasteiger partial charge in [0.15, 0.2) is 9.84 Å². The zero-order valence-electron chi connectivity index (χ0n) is 10.9. The van der Waals surface area contributed by atoms with E-state index in [1.54, 1.807) is 0 Å². The molecule has 1 fully saturated rings. The Labute approximate surface area is 110 Å². The minimum Gasteiger partial charge on any atom is -0.314 e. The number of piperidine rings is 1. The van der Waals surface area contributed by atoms with E-state index < -0.39 is 9.84 Å². The van der Waals surface area contributed by atoms with Gasteiger partial charge in [0.2, 0.25) is 0 Å². The maximum Gasteiger partial charge on any atom is 0.151 e. The van der Waals surface area contributed by atoms with Gasteiger partial charge in [-0.1, -0.05) is 30.7 Å². The van der Waals surface area contributed by atoms with Gasteiger partial charge in [-0.3, -0.25) is 0 Å². The molecule has 100 valence electrons. The second kappa shape index (κ2) is 5.85. The second-order valence-corrected chi connectivity index (χ2v) is 7.38. The van der Waals surface area contributed by atoms with Crippen LogP contribution in [0.3, 0.4) is 0 Å². The lowest BCUT2D eigenvalue weighted by molar-refractivity contribution is 0.399. The van der Waals surface area contributed by atoms with Gasteiger partial charge in [0.25, 0.3) is 0 Å². The van der Waals surface area contributed by atoms with Crippen LogP contribution < -0.4 is 5.32 Å². The molecule has 4 heteroatoms. The Morgan fingerprint density at radius 3 is 2.39 bits per heavy atom. The lowest BCUT2D eigenvalue weighted by Crippen LogP contribution is -2.35. The van der Waals surface area contributed by atoms with Crippen molar-refractivity contribution < 1.29 is 8.42 Å². The summed E-state index contributed by atoms with van der Waals surface area (Å²) >= 11 is 0. The molecule has 1 unspecified atom stereocenters. The average molecular weight is 267 g/mol. The van der Waals surface area contributed by atoms with Gasteiger partial charge >= 0.3 is 0 Å². The Morgan fingerprint density at radius 1 is 1.17 bits per heavy atom. The zero-order chi connectivity index (χ0) is 13.0. The lowest BCUT2D eigenvalue weighted by atomic mass is 9.97. The number of sulfone groups is 1. The summed E-state index contributed by atoms with van der Waals surface area (Å²) in [5.74, 6) is 0.134. The number of rotatable bonds is 4. The molecule has 0 saturated carbocycles. The number of benzene rings is 1. The van der Waals surface area contributed by atoms with E-state index in [1.807, 2.05) is 12.1 Å². The van der Waals surface area contributed by atoms with E-state index in [2.05, 4.69) is 17.4 Å². The topological polar surface area (TPSA) is 46.2 Å². The highest BCUT2D eigenvalue weighted by Crippen LogP contribution is 2.14. The molecular formula is C14H21NO2S. The fourth-order valence-corrected chi connectivity index (χ4v) is 3.26. The number of nitrogens with one attached hydrogen (secondary N) is 1. The Hall–Kier alpha value is -0.870. The van der Waals surface area contributed by atoms with Crippen molar-refractivity contribution >= 4 is 9.84 Å². The molecule has 0 spiro atoms. The third kappa shape index (κ3) is 4.42. The van der Waals surface area contributed by atoms with E-state index in [9.17, 15) is 8.42 Å². The summed E-state index contributed by atoms with van der Waals surface area (Å²) in [4.78, 5) is 0. The molecule has 1 saturated heterocycles. The van der Waals surface area contributed by atoms with E-state index in [0.717, 1.165) is 18.5 Å². The Kier molecular flexibility index (Phi) is 4.40. The Bertz CT molecular complexity index is 473. The molecule has 0 aromatic heterocycles. The van der Waals surface area contributed by atoms with Crippen LogP contribution in [-0.4, -0.2) is 27.3 Å². The zero-order valence-corrected chi connectivity index (χ0v) is 11.7. The van der Waals surface area contributed by atoms with Crippen molar-refractivity contribution in [3.05, 3.63) is 35.4 Å². The fraction of sp³-hybridized carbons (Fsp3) is 0.571. The van der Waals surface area contributed by atoms with Crippen molar-refractivity contribution in [2.24, 2.45) is 0 Å². The summed E-state index contributed by atoms with van der Waals surface area (Å²) in [6.45, 7) is 1.12. The van der Waals surface area contributed by atoms with E-state index in [-0.39, 0.29) is 5.75 Å². The quantitative estimate of drug-likeness (QED) is 0.906. The van der Waals surface area contributed by atoms with Crippen LogP contribution in [0.1, 0.15) is 30.4 Å². The van der Waals surface area contributed by atoms with Gasteiger partial charge in [-0.15, -0.1) is 0 Å². The smallest absolute Gasteiger partial charge is 0.151 e. The third-order valence-electron chi connectivity index (χ3n) is 3.35. The molecule has 3 nitrogen and oxygen atoms in total. The number of hydrogen-bond donors (Lipinski definition) is 1. The van der Waals surface area contributed by atoms with Gasteiger partial charge in [-0.25, -0.2) is 8.42 Å². The molecule has 1 aliphatic rings. The molecule has 1 atom stereocenters. The predicted octanol–water partition coefficient (Wildman–Crippen LogP) is 1.92. The summed E-state index contributed by atoms with van der Waals surface area (Å²) in [6.07, 6.45) is 6.14. The Morgan fingerprint density at radius 2 is 1.83 bits per heavy atom. The fourth-order valence-electron chi connectivity index (χ4n) is 2.46. The van der Waals surface area contributed by atoms with Crippen LogP contribution in [0.5, 0.6) is 0 Å². The summed E-state index contributed by atoms with van der Waals surface area (Å²) in [7, 11) is -2.93. The van der Waals surface area contributed by atoms with Gasteiger partial charge in [0.1, 0.15) is 0 Å². The maximum absolute atomic E-state index is 11.2. The minimum absolute atomic E-state index is 0.134. The van der Waals surface area contributed by atoms with Crippen LogP contribution in [0.25, 0.3) is 0 Å². The maximum atomic E-state index is 11.2. The lowest BCUT2D eigenvalue weighted by Gasteiger charge is -2.23. The van der Waals surface area contributed by atoms with Crippen molar-refractivity contribution in [3.8, 4) is 0 Å². The molecule has 1 heterocycles. The molecule has 2 rings (SSSR count). The van der Waals surface area contributed by atoms with Crippen molar-refractivity contribution in [1.29, 1.82) is 0 Å². The normalized spacial score (nSPS) is 20.8. The van der Waals surface area contributed by atoms with Crippen molar-refractivity contribution in [2.45, 2.75) is 37.5 Å². The summed E-state index contributed by atoms with van der Waals surface area (Å²) in [5.41, 5.74) is 2.16. The van der Waals surface area contributed by atoms with E-state index >= 15 is 0 Å². The van der Waals surface area contributed by atoms with Crippen LogP contribution >= 0.6 is 0 Å². The first-order chi connectivity index (χ1) is 8.53. The summed E-state index contributed by atoms with van der Waals surface area (Å²) in [6, 6.07) is 8.55. The van der Waals surface area contributed by atoms with Crippen LogP contribution in [0.4, 0.5) is 0 Å². The van der Waals surface area contributed by atoms with E-state index in [1.165, 1.54) is 31.1 Å². The van der Waals surface area contributed by atoms with Crippen molar-refractivity contribution in [2.75, 3.05) is 12.8 Å². The van der Waals surface area contributed by atoms with Gasteiger partial charge in [-0.05, 0) is 36.9 Å². The molecule has 1 aromatic carbocycles. The largest absolute Gasteiger partial charge is 0.314 e. The van der Waals surface area contributed by atoms with Crippen molar-refractivity contribution in [3.63, 3.8) is 0 Å². The highest BCUT2D eigenvalue weighted by molar-refractivity contribution is 7.89. The third-order valence-corrected chi connectivity index (χ3v) is 4.20. The van der Waals surface area contributed by atoms with Crippen LogP contribution in [0, 0.1) is 0 Å². The highest BCUT2D eigenvalue weighted by atomic mass is 32.2. The van der Waals surface area contributed by atoms with Crippen LogP contribution in [0.15, 0.2) is 24.3 Å². The average Bonchev–Trinajstić information content (AvgIpc) is 2.31. The van der Waals surface area contributed by atoms with Crippen LogP contribution in [0.2, 0.25) is 0 Å². The standard InChI is InChI=1S/C14H21NO2S/c1-18(16,17)11-13-7-5-12(6-8-13)10-14-4-2-3-9-15-14/h5-8,14-15H,2-4,9-11H2,1H3. The molecule has 0 amide bonds. The van der Waals surface area contributed by atoms with Crippen molar-refractivity contribution in [1.82, 2.24) is 5.32 Å². The molecule has 1 aromatic rings. The first-order valence-corrected chi connectivity index (χ1v) is 8.58. The Balaban J connectivity index is 1.94. The second-order valence-electron chi connectivity index (χ2n) is 5.24. The van der Waals surface area contributed by atoms with E-state index in [4.69, 9.17) is 0 Å². The summed E-state index contributed by atoms with van der Waals surface area (Å²) < 4.78 is 22.4. The molecule has 1 N–H and O–H groups in total. The van der Waals surface area contributed by atoms with E-state index in [0.29, 0.717) is 6.04 Å². The monoisotopic (exact) mass is 267 g/mol. The van der Waals surface area contributed by atoms with Gasteiger partial charge < -0.3 is 5.32 Å². The molecular weight excluding hydrogens is 246 g/mol. The number of hydrogen-bond acceptors (Lipinski definition) is 3. The first-order valence-electron chi connectivity index (χ1n) is 6.52. The summed E-state index contributed by atoms with van der Waals surface area (Å²) in [5, 5.41) is 3.52. The molecule has 0 aliphatic carbocycles. The molecule has 0 radical (unpaired) electrons. The highest BCUT2D eigenvalue weighted by Gasteiger charge is 2.13. The van der Waals surface area contributed by atoms with Gasteiger partial charge in [-0.2, -0.15) is 0 Å². The SMILES string of the molecule is CS(=O)(=O)Cc1ccc(CC2CCCCN2)cc1. The van der Waals surface area contributed by atoms with Gasteiger partial charge in [0.05, 0.1) is 5.75 Å². The minimum atomic E-state index is -2.93. The van der Waals surface area contributed by atoms with Gasteiger partial charge in [0, 0.05) is 12.3 Å².